The summed E-state index contributed by atoms with van der Waals surface area (Å²) in [4.78, 5) is 22.7. The van der Waals surface area contributed by atoms with E-state index in [1.54, 1.807) is 11.8 Å². The van der Waals surface area contributed by atoms with Crippen LogP contribution in [0.5, 0.6) is 0 Å². The van der Waals surface area contributed by atoms with Crippen molar-refractivity contribution >= 4 is 72.3 Å². The second-order valence-corrected chi connectivity index (χ2v) is 9.02. The molecule has 3 aliphatic heterocycles. The molecule has 3 fully saturated rings. The normalized spacial score (nSPS) is 23.9. The number of halogens is 7. The minimum atomic E-state index is -4.45. The summed E-state index contributed by atoms with van der Waals surface area (Å²) in [5.74, 6) is 2.37. The number of aromatic nitrogens is 1. The molecular weight excluding hydrogens is 533 g/mol. The van der Waals surface area contributed by atoms with Crippen molar-refractivity contribution in [3.8, 4) is 0 Å². The largest absolute Gasteiger partial charge is 0.417 e. The lowest BCUT2D eigenvalue weighted by atomic mass is 10.1. The lowest BCUT2D eigenvalue weighted by Gasteiger charge is -2.38. The SMILES string of the molecule is Cl.Cl.Cl.O=C([C@@H]1C[C@H](N2CCN(c3ncc(C(F)(F)F)cc3Cl)CC2)CN1)N1CCSC1. The van der Waals surface area contributed by atoms with E-state index in [1.165, 1.54) is 0 Å². The van der Waals surface area contributed by atoms with Crippen LogP contribution in [0.3, 0.4) is 0 Å². The van der Waals surface area contributed by atoms with Crippen LogP contribution in [-0.4, -0.2) is 83.7 Å². The first-order valence-electron chi connectivity index (χ1n) is 9.64. The third-order valence-electron chi connectivity index (χ3n) is 5.75. The summed E-state index contributed by atoms with van der Waals surface area (Å²) in [6.45, 7) is 4.38. The predicted octanol–water partition coefficient (Wildman–Crippen LogP) is 3.40. The maximum atomic E-state index is 12.8. The highest BCUT2D eigenvalue weighted by Gasteiger charge is 2.37. The van der Waals surface area contributed by atoms with Gasteiger partial charge in [-0.1, -0.05) is 11.6 Å². The van der Waals surface area contributed by atoms with Crippen LogP contribution in [-0.2, 0) is 11.0 Å². The number of hydrogen-bond acceptors (Lipinski definition) is 6. The number of piperazine rings is 1. The predicted molar refractivity (Wildman–Crippen MR) is 129 cm³/mol. The molecule has 184 valence electrons. The van der Waals surface area contributed by atoms with Crippen molar-refractivity contribution in [2.75, 3.05) is 55.8 Å². The van der Waals surface area contributed by atoms with Gasteiger partial charge in [-0.05, 0) is 12.5 Å². The van der Waals surface area contributed by atoms with Gasteiger partial charge < -0.3 is 15.1 Å². The van der Waals surface area contributed by atoms with Crippen molar-refractivity contribution in [1.82, 2.24) is 20.1 Å². The van der Waals surface area contributed by atoms with Gasteiger partial charge in [0.1, 0.15) is 5.82 Å². The van der Waals surface area contributed by atoms with E-state index >= 15 is 0 Å². The fourth-order valence-electron chi connectivity index (χ4n) is 4.11. The summed E-state index contributed by atoms with van der Waals surface area (Å²) in [6.07, 6.45) is -2.83. The number of thioether (sulfide) groups is 1. The summed E-state index contributed by atoms with van der Waals surface area (Å²) in [5.41, 5.74) is -0.839. The Bertz CT molecular complexity index is 765. The minimum absolute atomic E-state index is 0. The summed E-state index contributed by atoms with van der Waals surface area (Å²) in [7, 11) is 0. The lowest BCUT2D eigenvalue weighted by molar-refractivity contribution is -0.137. The number of amides is 1. The Morgan fingerprint density at radius 3 is 2.41 bits per heavy atom. The van der Waals surface area contributed by atoms with Crippen LogP contribution in [0.1, 0.15) is 12.0 Å². The number of alkyl halides is 3. The molecule has 4 heterocycles. The van der Waals surface area contributed by atoms with Crippen LogP contribution in [0.4, 0.5) is 19.0 Å². The summed E-state index contributed by atoms with van der Waals surface area (Å²) in [6, 6.07) is 1.10. The molecular formula is C18H26Cl4F3N5OS. The molecule has 1 N–H and O–H groups in total. The lowest BCUT2D eigenvalue weighted by Crippen LogP contribution is -2.51. The number of carbonyl (C=O) groups excluding carboxylic acids is 1. The van der Waals surface area contributed by atoms with Crippen LogP contribution < -0.4 is 10.2 Å². The van der Waals surface area contributed by atoms with Gasteiger partial charge in [-0.3, -0.25) is 9.69 Å². The molecule has 0 radical (unpaired) electrons. The fourth-order valence-corrected chi connectivity index (χ4v) is 5.35. The van der Waals surface area contributed by atoms with E-state index in [9.17, 15) is 18.0 Å². The molecule has 2 atom stereocenters. The summed E-state index contributed by atoms with van der Waals surface area (Å²) >= 11 is 7.86. The van der Waals surface area contributed by atoms with E-state index in [1.807, 2.05) is 9.80 Å². The van der Waals surface area contributed by atoms with E-state index in [0.29, 0.717) is 18.9 Å². The molecule has 3 aliphatic rings. The van der Waals surface area contributed by atoms with E-state index in [-0.39, 0.29) is 60.2 Å². The molecule has 6 nitrogen and oxygen atoms in total. The van der Waals surface area contributed by atoms with Gasteiger partial charge in [-0.2, -0.15) is 13.2 Å². The molecule has 0 aliphatic carbocycles. The Morgan fingerprint density at radius 2 is 1.84 bits per heavy atom. The van der Waals surface area contributed by atoms with Crippen molar-refractivity contribution in [1.29, 1.82) is 0 Å². The first kappa shape index (κ1) is 29.7. The van der Waals surface area contributed by atoms with Crippen molar-refractivity contribution < 1.29 is 18.0 Å². The zero-order valence-electron chi connectivity index (χ0n) is 17.0. The number of rotatable bonds is 3. The van der Waals surface area contributed by atoms with E-state index in [2.05, 4.69) is 15.2 Å². The minimum Gasteiger partial charge on any atom is -0.353 e. The van der Waals surface area contributed by atoms with Crippen LogP contribution in [0, 0.1) is 0 Å². The van der Waals surface area contributed by atoms with Crippen molar-refractivity contribution in [3.05, 3.63) is 22.8 Å². The second kappa shape index (κ2) is 12.4. The zero-order chi connectivity index (χ0) is 20.6. The molecule has 1 aromatic heterocycles. The fraction of sp³-hybridized carbons (Fsp3) is 0.667. The number of pyridine rings is 1. The first-order chi connectivity index (χ1) is 13.8. The number of hydrogen-bond donors (Lipinski definition) is 1. The van der Waals surface area contributed by atoms with Crippen molar-refractivity contribution in [2.24, 2.45) is 0 Å². The molecule has 0 unspecified atom stereocenters. The average molecular weight is 559 g/mol. The third-order valence-corrected chi connectivity index (χ3v) is 6.99. The van der Waals surface area contributed by atoms with E-state index < -0.39 is 11.7 Å². The molecule has 1 amide bonds. The highest BCUT2D eigenvalue weighted by atomic mass is 35.5. The molecule has 0 spiro atoms. The first-order valence-corrected chi connectivity index (χ1v) is 11.2. The monoisotopic (exact) mass is 557 g/mol. The Kier molecular flexibility index (Phi) is 11.5. The van der Waals surface area contributed by atoms with Gasteiger partial charge in [0.15, 0.2) is 0 Å². The Morgan fingerprint density at radius 1 is 1.16 bits per heavy atom. The van der Waals surface area contributed by atoms with E-state index in [4.69, 9.17) is 11.6 Å². The van der Waals surface area contributed by atoms with Gasteiger partial charge in [-0.15, -0.1) is 49.0 Å². The third kappa shape index (κ3) is 6.61. The average Bonchev–Trinajstić information content (AvgIpc) is 3.39. The standard InChI is InChI=1S/C18H23ClF3N5OS.3ClH/c19-14-7-12(18(20,21)22)9-24-16(14)26-3-1-25(2-4-26)13-8-15(23-10-13)17(28)27-5-6-29-11-27;;;/h7,9,13,15,23H,1-6,8,10-11H2;3*1H/t13-,15-;;;/m0.../s1. The Balaban J connectivity index is 0.00000171. The van der Waals surface area contributed by atoms with E-state index in [0.717, 1.165) is 56.5 Å². The topological polar surface area (TPSA) is 51.7 Å². The van der Waals surface area contributed by atoms with Gasteiger partial charge in [0.25, 0.3) is 0 Å². The van der Waals surface area contributed by atoms with Crippen LogP contribution >= 0.6 is 60.6 Å². The Labute approximate surface area is 213 Å². The number of nitrogens with one attached hydrogen (secondary N) is 1. The summed E-state index contributed by atoms with van der Waals surface area (Å²) < 4.78 is 38.4. The maximum Gasteiger partial charge on any atom is 0.417 e. The molecule has 0 aromatic carbocycles. The van der Waals surface area contributed by atoms with Crippen LogP contribution in [0.2, 0.25) is 5.02 Å². The Hall–Kier alpha value is -0.360. The number of anilines is 1. The van der Waals surface area contributed by atoms with Crippen molar-refractivity contribution in [3.63, 3.8) is 0 Å². The molecule has 1 aromatic rings. The van der Waals surface area contributed by atoms with Crippen LogP contribution in [0.25, 0.3) is 0 Å². The highest BCUT2D eigenvalue weighted by molar-refractivity contribution is 7.99. The molecule has 3 saturated heterocycles. The van der Waals surface area contributed by atoms with Gasteiger partial charge in [-0.25, -0.2) is 4.98 Å². The summed E-state index contributed by atoms with van der Waals surface area (Å²) in [5, 5.41) is 3.38. The second-order valence-electron chi connectivity index (χ2n) is 7.54. The molecule has 4 rings (SSSR count). The van der Waals surface area contributed by atoms with Gasteiger partial charge >= 0.3 is 6.18 Å². The van der Waals surface area contributed by atoms with Crippen LogP contribution in [0.15, 0.2) is 12.3 Å². The smallest absolute Gasteiger partial charge is 0.353 e. The zero-order valence-corrected chi connectivity index (χ0v) is 21.0. The van der Waals surface area contributed by atoms with Gasteiger partial charge in [0.2, 0.25) is 5.91 Å². The maximum absolute atomic E-state index is 12.8. The molecule has 32 heavy (non-hydrogen) atoms. The number of carbonyl (C=O) groups is 1. The molecule has 14 heteroatoms. The highest BCUT2D eigenvalue weighted by Crippen LogP contribution is 2.34. The number of nitrogens with zero attached hydrogens (tertiary/aromatic N) is 4. The van der Waals surface area contributed by atoms with Gasteiger partial charge in [0, 0.05) is 57.3 Å². The van der Waals surface area contributed by atoms with Gasteiger partial charge in [0.05, 0.1) is 22.5 Å². The molecule has 0 bridgehead atoms. The van der Waals surface area contributed by atoms with Crippen molar-refractivity contribution in [2.45, 2.75) is 24.7 Å². The molecule has 0 saturated carbocycles. The quantitative estimate of drug-likeness (QED) is 0.613.